The number of nitriles is 1. The Morgan fingerprint density at radius 1 is 1.27 bits per heavy atom. The molecule has 26 heavy (non-hydrogen) atoms. The molecule has 1 unspecified atom stereocenters. The summed E-state index contributed by atoms with van der Waals surface area (Å²) in [6, 6.07) is 9.98. The molecule has 7 heteroatoms. The highest BCUT2D eigenvalue weighted by Gasteiger charge is 2.43. The number of hydrogen-bond donors (Lipinski definition) is 1. The zero-order chi connectivity index (χ0) is 18.1. The first-order chi connectivity index (χ1) is 12.6. The molecule has 3 heterocycles. The molecular formula is C19H20N4O3. The van der Waals surface area contributed by atoms with Gasteiger partial charge in [0, 0.05) is 44.2 Å². The number of para-hydroxylation sites is 1. The van der Waals surface area contributed by atoms with Gasteiger partial charge in [-0.2, -0.15) is 5.26 Å². The molecule has 0 bridgehead atoms. The van der Waals surface area contributed by atoms with Crippen LogP contribution in [-0.4, -0.2) is 65.9 Å². The van der Waals surface area contributed by atoms with Crippen molar-refractivity contribution in [2.24, 2.45) is 0 Å². The van der Waals surface area contributed by atoms with Gasteiger partial charge in [0.25, 0.3) is 5.91 Å². The van der Waals surface area contributed by atoms with Gasteiger partial charge in [-0.1, -0.05) is 18.2 Å². The van der Waals surface area contributed by atoms with Crippen LogP contribution in [-0.2, 0) is 9.53 Å². The number of fused-ring (bicyclic) bond motifs is 1. The molecule has 2 fully saturated rings. The smallest absolute Gasteiger partial charge is 0.257 e. The van der Waals surface area contributed by atoms with Crippen molar-refractivity contribution in [2.45, 2.75) is 12.0 Å². The predicted molar refractivity (Wildman–Crippen MR) is 95.6 cm³/mol. The number of rotatable bonds is 2. The number of aliphatic hydroxyl groups is 1. The zero-order valence-corrected chi connectivity index (χ0v) is 14.4. The minimum absolute atomic E-state index is 0.0691. The van der Waals surface area contributed by atoms with Gasteiger partial charge in [0.1, 0.15) is 6.07 Å². The molecule has 2 aliphatic rings. The SMILES string of the molecule is N#Cc1cnc2ccccc2c1N1CCN(C(=O)C2(O)CCOC2)CC1. The number of amides is 1. The summed E-state index contributed by atoms with van der Waals surface area (Å²) in [5, 5.41) is 20.9. The summed E-state index contributed by atoms with van der Waals surface area (Å²) in [4.78, 5) is 20.8. The van der Waals surface area contributed by atoms with E-state index in [0.29, 0.717) is 44.8 Å². The normalized spacial score (nSPS) is 23.2. The fourth-order valence-corrected chi connectivity index (χ4v) is 3.70. The summed E-state index contributed by atoms with van der Waals surface area (Å²) in [7, 11) is 0. The van der Waals surface area contributed by atoms with Gasteiger partial charge in [-0.25, -0.2) is 0 Å². The molecule has 1 N–H and O–H groups in total. The maximum atomic E-state index is 12.6. The number of ether oxygens (including phenoxy) is 1. The second-order valence-electron chi connectivity index (χ2n) is 6.76. The molecule has 2 aromatic rings. The molecule has 0 saturated carbocycles. The average molecular weight is 352 g/mol. The van der Waals surface area contributed by atoms with Gasteiger partial charge < -0.3 is 19.6 Å². The molecule has 1 amide bonds. The van der Waals surface area contributed by atoms with Crippen molar-refractivity contribution in [2.75, 3.05) is 44.3 Å². The van der Waals surface area contributed by atoms with E-state index in [-0.39, 0.29) is 12.5 Å². The van der Waals surface area contributed by atoms with E-state index in [1.54, 1.807) is 11.1 Å². The first kappa shape index (κ1) is 16.8. The Hall–Kier alpha value is -2.69. The number of pyridine rings is 1. The van der Waals surface area contributed by atoms with Crippen LogP contribution < -0.4 is 4.90 Å². The maximum Gasteiger partial charge on any atom is 0.257 e. The molecule has 0 spiro atoms. The lowest BCUT2D eigenvalue weighted by Gasteiger charge is -2.39. The molecule has 1 aromatic carbocycles. The number of benzene rings is 1. The van der Waals surface area contributed by atoms with Crippen molar-refractivity contribution >= 4 is 22.5 Å². The summed E-state index contributed by atoms with van der Waals surface area (Å²) >= 11 is 0. The number of aromatic nitrogens is 1. The molecule has 7 nitrogen and oxygen atoms in total. The minimum atomic E-state index is -1.39. The lowest BCUT2D eigenvalue weighted by Crippen LogP contribution is -2.56. The van der Waals surface area contributed by atoms with E-state index in [1.807, 2.05) is 24.3 Å². The van der Waals surface area contributed by atoms with Crippen LogP contribution in [0.4, 0.5) is 5.69 Å². The van der Waals surface area contributed by atoms with E-state index >= 15 is 0 Å². The Labute approximate surface area is 151 Å². The second kappa shape index (κ2) is 6.56. The van der Waals surface area contributed by atoms with Crippen molar-refractivity contribution < 1.29 is 14.6 Å². The number of carbonyl (C=O) groups is 1. The van der Waals surface area contributed by atoms with Crippen LogP contribution >= 0.6 is 0 Å². The Bertz CT molecular complexity index is 878. The summed E-state index contributed by atoms with van der Waals surface area (Å²) in [5.74, 6) is -0.255. The van der Waals surface area contributed by atoms with Crippen LogP contribution in [0.3, 0.4) is 0 Å². The Morgan fingerprint density at radius 3 is 2.73 bits per heavy atom. The fraction of sp³-hybridized carbons (Fsp3) is 0.421. The quantitative estimate of drug-likeness (QED) is 0.864. The van der Waals surface area contributed by atoms with Crippen LogP contribution in [0.25, 0.3) is 10.9 Å². The molecule has 2 saturated heterocycles. The molecule has 1 atom stereocenters. The van der Waals surface area contributed by atoms with E-state index in [1.165, 1.54) is 0 Å². The monoisotopic (exact) mass is 352 g/mol. The van der Waals surface area contributed by atoms with Crippen molar-refractivity contribution in [3.05, 3.63) is 36.0 Å². The van der Waals surface area contributed by atoms with Gasteiger partial charge in [-0.3, -0.25) is 9.78 Å². The van der Waals surface area contributed by atoms with Gasteiger partial charge in [-0.05, 0) is 6.07 Å². The van der Waals surface area contributed by atoms with E-state index in [4.69, 9.17) is 4.74 Å². The summed E-state index contributed by atoms with van der Waals surface area (Å²) < 4.78 is 5.19. The van der Waals surface area contributed by atoms with Crippen LogP contribution in [0.2, 0.25) is 0 Å². The topological polar surface area (TPSA) is 89.7 Å². The van der Waals surface area contributed by atoms with Crippen LogP contribution in [0.15, 0.2) is 30.5 Å². The summed E-state index contributed by atoms with van der Waals surface area (Å²) in [5.41, 5.74) is 0.861. The molecule has 134 valence electrons. The van der Waals surface area contributed by atoms with Crippen molar-refractivity contribution in [3.63, 3.8) is 0 Å². The summed E-state index contributed by atoms with van der Waals surface area (Å²) in [6.07, 6.45) is 1.95. The van der Waals surface area contributed by atoms with Gasteiger partial charge in [-0.15, -0.1) is 0 Å². The standard InChI is InChI=1S/C19H20N4O3/c20-11-14-12-21-16-4-2-1-3-15(16)17(14)22-6-8-23(9-7-22)18(24)19(25)5-10-26-13-19/h1-4,12,25H,5-10,13H2. The number of nitrogens with zero attached hydrogens (tertiary/aromatic N) is 4. The fourth-order valence-electron chi connectivity index (χ4n) is 3.70. The minimum Gasteiger partial charge on any atom is -0.378 e. The first-order valence-corrected chi connectivity index (χ1v) is 8.75. The zero-order valence-electron chi connectivity index (χ0n) is 14.4. The Kier molecular flexibility index (Phi) is 4.23. The number of carbonyl (C=O) groups excluding carboxylic acids is 1. The molecule has 2 aliphatic heterocycles. The predicted octanol–water partition coefficient (Wildman–Crippen LogP) is 0.906. The van der Waals surface area contributed by atoms with E-state index in [9.17, 15) is 15.2 Å². The molecule has 0 aliphatic carbocycles. The Morgan fingerprint density at radius 2 is 2.04 bits per heavy atom. The van der Waals surface area contributed by atoms with Crippen LogP contribution in [0, 0.1) is 11.3 Å². The molecule has 0 radical (unpaired) electrons. The van der Waals surface area contributed by atoms with Gasteiger partial charge in [0.05, 0.1) is 30.0 Å². The van der Waals surface area contributed by atoms with Gasteiger partial charge in [0.15, 0.2) is 5.60 Å². The van der Waals surface area contributed by atoms with Gasteiger partial charge >= 0.3 is 0 Å². The largest absolute Gasteiger partial charge is 0.378 e. The Balaban J connectivity index is 1.56. The summed E-state index contributed by atoms with van der Waals surface area (Å²) in [6.45, 7) is 2.69. The van der Waals surface area contributed by atoms with E-state index in [0.717, 1.165) is 16.6 Å². The average Bonchev–Trinajstić information content (AvgIpc) is 3.14. The molecule has 4 rings (SSSR count). The van der Waals surface area contributed by atoms with E-state index < -0.39 is 5.60 Å². The van der Waals surface area contributed by atoms with Crippen molar-refractivity contribution in [3.8, 4) is 6.07 Å². The third-order valence-electron chi connectivity index (χ3n) is 5.15. The number of hydrogen-bond acceptors (Lipinski definition) is 6. The van der Waals surface area contributed by atoms with Crippen molar-refractivity contribution in [1.29, 1.82) is 5.26 Å². The third-order valence-corrected chi connectivity index (χ3v) is 5.15. The molecule has 1 aromatic heterocycles. The highest BCUT2D eigenvalue weighted by molar-refractivity contribution is 5.94. The maximum absolute atomic E-state index is 12.6. The van der Waals surface area contributed by atoms with E-state index in [2.05, 4.69) is 16.0 Å². The number of anilines is 1. The van der Waals surface area contributed by atoms with Crippen LogP contribution in [0.5, 0.6) is 0 Å². The highest BCUT2D eigenvalue weighted by Crippen LogP contribution is 2.30. The van der Waals surface area contributed by atoms with Crippen LogP contribution in [0.1, 0.15) is 12.0 Å². The lowest BCUT2D eigenvalue weighted by molar-refractivity contribution is -0.151. The second-order valence-corrected chi connectivity index (χ2v) is 6.76. The highest BCUT2D eigenvalue weighted by atomic mass is 16.5. The van der Waals surface area contributed by atoms with Crippen molar-refractivity contribution in [1.82, 2.24) is 9.88 Å². The first-order valence-electron chi connectivity index (χ1n) is 8.75. The number of piperazine rings is 1. The van der Waals surface area contributed by atoms with Gasteiger partial charge in [0.2, 0.25) is 0 Å². The molecular weight excluding hydrogens is 332 g/mol. The lowest BCUT2D eigenvalue weighted by atomic mass is 10.0. The third kappa shape index (κ3) is 2.77.